The van der Waals surface area contributed by atoms with Crippen molar-refractivity contribution in [2.24, 2.45) is 0 Å². The van der Waals surface area contributed by atoms with Crippen molar-refractivity contribution < 1.29 is 18.0 Å². The highest BCUT2D eigenvalue weighted by atomic mass is 19.4. The van der Waals surface area contributed by atoms with Gasteiger partial charge in [-0.1, -0.05) is 42.5 Å². The lowest BCUT2D eigenvalue weighted by Crippen LogP contribution is -2.42. The Labute approximate surface area is 169 Å². The summed E-state index contributed by atoms with van der Waals surface area (Å²) in [6.07, 6.45) is -2.02. The third-order valence-electron chi connectivity index (χ3n) is 5.19. The summed E-state index contributed by atoms with van der Waals surface area (Å²) in [5, 5.41) is 3.08. The topological polar surface area (TPSA) is 35.6 Å². The van der Waals surface area contributed by atoms with Crippen LogP contribution in [0.4, 0.5) is 18.0 Å². The van der Waals surface area contributed by atoms with Crippen LogP contribution in [0.25, 0.3) is 0 Å². The lowest BCUT2D eigenvalue weighted by molar-refractivity contribution is -0.137. The number of rotatable bonds is 6. The van der Waals surface area contributed by atoms with E-state index in [4.69, 9.17) is 0 Å². The molecule has 1 heterocycles. The van der Waals surface area contributed by atoms with Gasteiger partial charge in [0.1, 0.15) is 0 Å². The minimum Gasteiger partial charge on any atom is -0.330 e. The van der Waals surface area contributed by atoms with Crippen LogP contribution in [0.15, 0.2) is 54.6 Å². The summed E-state index contributed by atoms with van der Waals surface area (Å²) in [7, 11) is 1.64. The van der Waals surface area contributed by atoms with E-state index in [1.54, 1.807) is 7.05 Å². The van der Waals surface area contributed by atoms with Crippen LogP contribution < -0.4 is 5.32 Å². The van der Waals surface area contributed by atoms with Crippen molar-refractivity contribution in [1.29, 1.82) is 0 Å². The zero-order valence-corrected chi connectivity index (χ0v) is 16.5. The molecule has 1 N–H and O–H groups in total. The number of halogens is 3. The number of hydrogen-bond donors (Lipinski definition) is 1. The van der Waals surface area contributed by atoms with E-state index in [0.29, 0.717) is 5.56 Å². The first-order valence-corrected chi connectivity index (χ1v) is 9.78. The third-order valence-corrected chi connectivity index (χ3v) is 5.19. The maximum atomic E-state index is 12.7. The van der Waals surface area contributed by atoms with Gasteiger partial charge in [0, 0.05) is 20.1 Å². The minimum absolute atomic E-state index is 0.142. The van der Waals surface area contributed by atoms with E-state index in [2.05, 4.69) is 10.2 Å². The standard InChI is InChI=1S/C22H26F3N3O/c1-27(15-17-9-11-19(12-10-17)22(23,24)25)21(29)26-20(16-28-13-5-6-14-28)18-7-3-2-4-8-18/h2-4,7-12,20H,5-6,13-16H2,1H3,(H,26,29). The highest BCUT2D eigenvalue weighted by molar-refractivity contribution is 5.74. The van der Waals surface area contributed by atoms with Gasteiger partial charge in [0.2, 0.25) is 0 Å². The van der Waals surface area contributed by atoms with E-state index >= 15 is 0 Å². The third kappa shape index (κ3) is 5.97. The van der Waals surface area contributed by atoms with Crippen molar-refractivity contribution in [3.05, 3.63) is 71.3 Å². The number of benzene rings is 2. The van der Waals surface area contributed by atoms with Crippen molar-refractivity contribution in [1.82, 2.24) is 15.1 Å². The van der Waals surface area contributed by atoms with E-state index in [1.165, 1.54) is 29.9 Å². The number of carbonyl (C=O) groups excluding carboxylic acids is 1. The van der Waals surface area contributed by atoms with Crippen LogP contribution in [0, 0.1) is 0 Å². The molecule has 0 radical (unpaired) electrons. The van der Waals surface area contributed by atoms with Gasteiger partial charge in [-0.3, -0.25) is 0 Å². The van der Waals surface area contributed by atoms with Gasteiger partial charge in [0.25, 0.3) is 0 Å². The molecule has 1 atom stereocenters. The maximum Gasteiger partial charge on any atom is 0.416 e. The zero-order chi connectivity index (χ0) is 20.9. The first kappa shape index (κ1) is 21.2. The molecule has 0 spiro atoms. The van der Waals surface area contributed by atoms with Gasteiger partial charge in [-0.05, 0) is 49.2 Å². The summed E-state index contributed by atoms with van der Waals surface area (Å²) in [6, 6.07) is 14.3. The average molecular weight is 405 g/mol. The Bertz CT molecular complexity index is 787. The quantitative estimate of drug-likeness (QED) is 0.757. The number of hydrogen-bond acceptors (Lipinski definition) is 2. The second-order valence-corrected chi connectivity index (χ2v) is 7.47. The van der Waals surface area contributed by atoms with Gasteiger partial charge < -0.3 is 15.1 Å². The molecule has 1 aliphatic rings. The molecule has 7 heteroatoms. The highest BCUT2D eigenvalue weighted by Crippen LogP contribution is 2.29. The molecule has 1 aliphatic heterocycles. The summed E-state index contributed by atoms with van der Waals surface area (Å²) < 4.78 is 38.1. The van der Waals surface area contributed by atoms with Crippen LogP contribution in [0.3, 0.4) is 0 Å². The van der Waals surface area contributed by atoms with E-state index < -0.39 is 11.7 Å². The largest absolute Gasteiger partial charge is 0.416 e. The molecule has 0 aromatic heterocycles. The SMILES string of the molecule is CN(Cc1ccc(C(F)(F)F)cc1)C(=O)NC(CN1CCCC1)c1ccccc1. The maximum absolute atomic E-state index is 12.7. The van der Waals surface area contributed by atoms with Gasteiger partial charge in [0.15, 0.2) is 0 Å². The Morgan fingerprint density at radius 3 is 2.28 bits per heavy atom. The number of amides is 2. The summed E-state index contributed by atoms with van der Waals surface area (Å²) in [4.78, 5) is 16.6. The van der Waals surface area contributed by atoms with Crippen molar-refractivity contribution in [2.45, 2.75) is 31.6 Å². The predicted molar refractivity (Wildman–Crippen MR) is 106 cm³/mol. The van der Waals surface area contributed by atoms with Crippen LogP contribution in [-0.2, 0) is 12.7 Å². The van der Waals surface area contributed by atoms with E-state index in [1.807, 2.05) is 30.3 Å². The zero-order valence-electron chi connectivity index (χ0n) is 16.5. The van der Waals surface area contributed by atoms with Gasteiger partial charge in [-0.2, -0.15) is 13.2 Å². The molecule has 2 aromatic carbocycles. The Balaban J connectivity index is 1.63. The fourth-order valence-corrected chi connectivity index (χ4v) is 3.55. The molecule has 1 fully saturated rings. The molecule has 0 bridgehead atoms. The first-order valence-electron chi connectivity index (χ1n) is 9.78. The molecule has 29 heavy (non-hydrogen) atoms. The number of carbonyl (C=O) groups is 1. The molecule has 4 nitrogen and oxygen atoms in total. The van der Waals surface area contributed by atoms with Crippen molar-refractivity contribution in [2.75, 3.05) is 26.7 Å². The number of nitrogens with zero attached hydrogens (tertiary/aromatic N) is 2. The monoisotopic (exact) mass is 405 g/mol. The molecular weight excluding hydrogens is 379 g/mol. The van der Waals surface area contributed by atoms with Crippen LogP contribution in [0.2, 0.25) is 0 Å². The van der Waals surface area contributed by atoms with Gasteiger partial charge in [-0.15, -0.1) is 0 Å². The molecule has 3 rings (SSSR count). The van der Waals surface area contributed by atoms with Crippen LogP contribution >= 0.6 is 0 Å². The molecule has 1 unspecified atom stereocenters. The molecule has 0 aliphatic carbocycles. The van der Waals surface area contributed by atoms with Crippen LogP contribution in [0.1, 0.15) is 35.6 Å². The lowest BCUT2D eigenvalue weighted by atomic mass is 10.1. The lowest BCUT2D eigenvalue weighted by Gasteiger charge is -2.27. The number of alkyl halides is 3. The normalized spacial score (nSPS) is 15.9. The van der Waals surface area contributed by atoms with Gasteiger partial charge in [-0.25, -0.2) is 4.79 Å². The number of nitrogens with one attached hydrogen (secondary N) is 1. The van der Waals surface area contributed by atoms with E-state index in [9.17, 15) is 18.0 Å². The summed E-state index contributed by atoms with van der Waals surface area (Å²) in [5.74, 6) is 0. The summed E-state index contributed by atoms with van der Waals surface area (Å²) in [6.45, 7) is 3.03. The van der Waals surface area contributed by atoms with Gasteiger partial charge >= 0.3 is 12.2 Å². The second-order valence-electron chi connectivity index (χ2n) is 7.47. The molecule has 2 amide bonds. The highest BCUT2D eigenvalue weighted by Gasteiger charge is 2.30. The van der Waals surface area contributed by atoms with E-state index in [0.717, 1.165) is 37.3 Å². The molecule has 0 saturated carbocycles. The molecule has 2 aromatic rings. The van der Waals surface area contributed by atoms with Crippen LogP contribution in [0.5, 0.6) is 0 Å². The number of urea groups is 1. The van der Waals surface area contributed by atoms with Crippen molar-refractivity contribution >= 4 is 6.03 Å². The Kier molecular flexibility index (Phi) is 6.79. The number of likely N-dealkylation sites (tertiary alicyclic amines) is 1. The molecule has 156 valence electrons. The van der Waals surface area contributed by atoms with Crippen molar-refractivity contribution in [3.63, 3.8) is 0 Å². The van der Waals surface area contributed by atoms with E-state index in [-0.39, 0.29) is 18.6 Å². The molecular formula is C22H26F3N3O. The average Bonchev–Trinajstić information content (AvgIpc) is 3.21. The Morgan fingerprint density at radius 1 is 1.07 bits per heavy atom. The van der Waals surface area contributed by atoms with Crippen molar-refractivity contribution in [3.8, 4) is 0 Å². The minimum atomic E-state index is -4.36. The molecule has 1 saturated heterocycles. The smallest absolute Gasteiger partial charge is 0.330 e. The predicted octanol–water partition coefficient (Wildman–Crippen LogP) is 4.68. The van der Waals surface area contributed by atoms with Crippen LogP contribution in [-0.4, -0.2) is 42.5 Å². The first-order chi connectivity index (χ1) is 13.8. The Hall–Kier alpha value is -2.54. The second kappa shape index (κ2) is 9.31. The fraction of sp³-hybridized carbons (Fsp3) is 0.409. The fourth-order valence-electron chi connectivity index (χ4n) is 3.55. The van der Waals surface area contributed by atoms with Gasteiger partial charge in [0.05, 0.1) is 11.6 Å². The summed E-state index contributed by atoms with van der Waals surface area (Å²) >= 11 is 0. The summed E-state index contributed by atoms with van der Waals surface area (Å²) in [5.41, 5.74) is 0.991. The Morgan fingerprint density at radius 2 is 1.69 bits per heavy atom.